The summed E-state index contributed by atoms with van der Waals surface area (Å²) in [6.45, 7) is 3.19. The predicted octanol–water partition coefficient (Wildman–Crippen LogP) is 2.86. The molecule has 3 N–H and O–H groups in total. The molecule has 0 fully saturated rings. The SMILES string of the molecule is COc1ccc2cc([C@H](C)C(=O)O[C@H](c3cnc(N)c(C#N)n3)[C@H](C)O)ccc2c1. The number of nitrogens with zero attached hydrogens (tertiary/aromatic N) is 3. The Morgan fingerprint density at radius 2 is 1.90 bits per heavy atom. The number of nitriles is 1. The molecule has 3 rings (SSSR count). The van der Waals surface area contributed by atoms with E-state index in [4.69, 9.17) is 20.5 Å². The number of aliphatic hydroxyl groups is 1. The minimum atomic E-state index is -1.08. The van der Waals surface area contributed by atoms with Gasteiger partial charge in [0.05, 0.1) is 25.3 Å². The van der Waals surface area contributed by atoms with Crippen molar-refractivity contribution in [3.8, 4) is 11.8 Å². The lowest BCUT2D eigenvalue weighted by molar-refractivity contribution is -0.156. The monoisotopic (exact) mass is 406 g/mol. The van der Waals surface area contributed by atoms with E-state index < -0.39 is 24.1 Å². The number of benzene rings is 2. The summed E-state index contributed by atoms with van der Waals surface area (Å²) in [7, 11) is 1.61. The van der Waals surface area contributed by atoms with Crippen LogP contribution < -0.4 is 10.5 Å². The van der Waals surface area contributed by atoms with Gasteiger partial charge in [-0.25, -0.2) is 9.97 Å². The number of esters is 1. The van der Waals surface area contributed by atoms with E-state index in [1.807, 2.05) is 42.5 Å². The minimum Gasteiger partial charge on any atom is -0.497 e. The van der Waals surface area contributed by atoms with E-state index in [1.165, 1.54) is 13.1 Å². The zero-order chi connectivity index (χ0) is 21.8. The maximum absolute atomic E-state index is 12.8. The third-order valence-corrected chi connectivity index (χ3v) is 4.82. The number of ether oxygens (including phenoxy) is 2. The van der Waals surface area contributed by atoms with Gasteiger partial charge in [0.1, 0.15) is 17.5 Å². The fraction of sp³-hybridized carbons (Fsp3) is 0.273. The molecule has 0 aliphatic carbocycles. The van der Waals surface area contributed by atoms with Crippen LogP contribution in [0.3, 0.4) is 0 Å². The van der Waals surface area contributed by atoms with Crippen molar-refractivity contribution in [1.82, 2.24) is 9.97 Å². The number of carbonyl (C=O) groups is 1. The van der Waals surface area contributed by atoms with E-state index in [0.717, 1.165) is 22.1 Å². The molecule has 1 heterocycles. The molecule has 0 radical (unpaired) electrons. The Kier molecular flexibility index (Phi) is 6.14. The maximum atomic E-state index is 12.8. The van der Waals surface area contributed by atoms with Crippen molar-refractivity contribution in [2.45, 2.75) is 32.0 Å². The summed E-state index contributed by atoms with van der Waals surface area (Å²) in [5, 5.41) is 21.2. The molecule has 0 spiro atoms. The number of hydrogen-bond acceptors (Lipinski definition) is 8. The third-order valence-electron chi connectivity index (χ3n) is 4.82. The quantitative estimate of drug-likeness (QED) is 0.597. The standard InChI is InChI=1S/C22H22N4O4/c1-12(14-4-5-16-9-17(29-3)7-6-15(16)8-14)22(28)30-20(13(2)27)19-11-25-21(24)18(10-23)26-19/h4-9,11-13,20,27H,1-3H3,(H2,24,25)/t12-,13-,20-/m0/s1. The smallest absolute Gasteiger partial charge is 0.313 e. The van der Waals surface area contributed by atoms with Gasteiger partial charge in [0.15, 0.2) is 17.6 Å². The van der Waals surface area contributed by atoms with Crippen molar-refractivity contribution >= 4 is 22.6 Å². The average Bonchev–Trinajstić information content (AvgIpc) is 2.76. The molecule has 0 unspecified atom stereocenters. The van der Waals surface area contributed by atoms with Gasteiger partial charge in [-0.05, 0) is 42.3 Å². The Morgan fingerprint density at radius 3 is 2.57 bits per heavy atom. The van der Waals surface area contributed by atoms with Crippen molar-refractivity contribution in [1.29, 1.82) is 5.26 Å². The van der Waals surface area contributed by atoms with E-state index in [2.05, 4.69) is 9.97 Å². The van der Waals surface area contributed by atoms with Crippen molar-refractivity contribution in [2.24, 2.45) is 0 Å². The molecule has 1 aromatic heterocycles. The molecule has 0 bridgehead atoms. The number of rotatable bonds is 6. The van der Waals surface area contributed by atoms with Crippen LogP contribution >= 0.6 is 0 Å². The topological polar surface area (TPSA) is 131 Å². The van der Waals surface area contributed by atoms with Crippen LogP contribution in [0, 0.1) is 11.3 Å². The highest BCUT2D eigenvalue weighted by molar-refractivity contribution is 5.86. The number of carbonyl (C=O) groups excluding carboxylic acids is 1. The largest absolute Gasteiger partial charge is 0.497 e. The molecule has 2 aromatic carbocycles. The lowest BCUT2D eigenvalue weighted by atomic mass is 9.97. The van der Waals surface area contributed by atoms with Gasteiger partial charge in [-0.2, -0.15) is 5.26 Å². The van der Waals surface area contributed by atoms with Gasteiger partial charge in [0.25, 0.3) is 0 Å². The molecule has 8 heteroatoms. The predicted molar refractivity (Wildman–Crippen MR) is 111 cm³/mol. The van der Waals surface area contributed by atoms with E-state index in [9.17, 15) is 9.90 Å². The van der Waals surface area contributed by atoms with Gasteiger partial charge in [-0.3, -0.25) is 4.79 Å². The number of methoxy groups -OCH3 is 1. The van der Waals surface area contributed by atoms with Crippen molar-refractivity contribution < 1.29 is 19.4 Å². The van der Waals surface area contributed by atoms with Crippen molar-refractivity contribution in [3.05, 3.63) is 59.5 Å². The Bertz CT molecular complexity index is 1120. The summed E-state index contributed by atoms with van der Waals surface area (Å²) in [5.41, 5.74) is 6.42. The van der Waals surface area contributed by atoms with Gasteiger partial charge < -0.3 is 20.3 Å². The van der Waals surface area contributed by atoms with Crippen LogP contribution in [0.25, 0.3) is 10.8 Å². The number of anilines is 1. The molecule has 0 aliphatic rings. The van der Waals surface area contributed by atoms with Crippen LogP contribution in [-0.4, -0.2) is 34.3 Å². The molecule has 3 atom stereocenters. The average molecular weight is 406 g/mol. The Labute approximate surface area is 173 Å². The number of fused-ring (bicyclic) bond motifs is 1. The first-order valence-electron chi connectivity index (χ1n) is 9.32. The first-order valence-corrected chi connectivity index (χ1v) is 9.32. The second kappa shape index (κ2) is 8.76. The van der Waals surface area contributed by atoms with Crippen LogP contribution in [0.4, 0.5) is 5.82 Å². The molecular formula is C22H22N4O4. The van der Waals surface area contributed by atoms with Gasteiger partial charge in [-0.1, -0.05) is 24.3 Å². The van der Waals surface area contributed by atoms with E-state index >= 15 is 0 Å². The number of nitrogen functional groups attached to an aromatic ring is 1. The maximum Gasteiger partial charge on any atom is 0.313 e. The first kappa shape index (κ1) is 21.0. The molecule has 0 amide bonds. The van der Waals surface area contributed by atoms with E-state index in [-0.39, 0.29) is 17.2 Å². The first-order chi connectivity index (χ1) is 14.3. The number of aliphatic hydroxyl groups excluding tert-OH is 1. The lowest BCUT2D eigenvalue weighted by Crippen LogP contribution is -2.25. The zero-order valence-electron chi connectivity index (χ0n) is 16.9. The van der Waals surface area contributed by atoms with Gasteiger partial charge in [0.2, 0.25) is 0 Å². The summed E-state index contributed by atoms with van der Waals surface area (Å²) in [4.78, 5) is 20.7. The Hall–Kier alpha value is -3.70. The molecule has 3 aromatic rings. The van der Waals surface area contributed by atoms with Gasteiger partial charge in [0, 0.05) is 0 Å². The molecule has 0 saturated carbocycles. The van der Waals surface area contributed by atoms with E-state index in [1.54, 1.807) is 14.0 Å². The number of aromatic nitrogens is 2. The zero-order valence-corrected chi connectivity index (χ0v) is 16.9. The molecule has 8 nitrogen and oxygen atoms in total. The number of hydrogen-bond donors (Lipinski definition) is 2. The Morgan fingerprint density at radius 1 is 1.20 bits per heavy atom. The molecule has 0 aliphatic heterocycles. The number of nitrogens with two attached hydrogens (primary N) is 1. The van der Waals surface area contributed by atoms with Crippen LogP contribution in [0.2, 0.25) is 0 Å². The fourth-order valence-electron chi connectivity index (χ4n) is 3.04. The fourth-order valence-corrected chi connectivity index (χ4v) is 3.04. The van der Waals surface area contributed by atoms with Crippen molar-refractivity contribution in [3.63, 3.8) is 0 Å². The van der Waals surface area contributed by atoms with Crippen LogP contribution in [0.1, 0.15) is 42.8 Å². The lowest BCUT2D eigenvalue weighted by Gasteiger charge is -2.22. The molecule has 154 valence electrons. The van der Waals surface area contributed by atoms with Crippen LogP contribution in [0.5, 0.6) is 5.75 Å². The molecule has 30 heavy (non-hydrogen) atoms. The highest BCUT2D eigenvalue weighted by atomic mass is 16.6. The second-order valence-corrected chi connectivity index (χ2v) is 6.93. The second-order valence-electron chi connectivity index (χ2n) is 6.93. The summed E-state index contributed by atoms with van der Waals surface area (Å²) in [6, 6.07) is 13.2. The van der Waals surface area contributed by atoms with E-state index in [0.29, 0.717) is 0 Å². The van der Waals surface area contributed by atoms with Gasteiger partial charge in [-0.15, -0.1) is 0 Å². The highest BCUT2D eigenvalue weighted by Gasteiger charge is 2.28. The normalized spacial score (nSPS) is 13.8. The summed E-state index contributed by atoms with van der Waals surface area (Å²) >= 11 is 0. The van der Waals surface area contributed by atoms with Crippen molar-refractivity contribution in [2.75, 3.05) is 12.8 Å². The summed E-state index contributed by atoms with van der Waals surface area (Å²) in [6.07, 6.45) is -0.853. The van der Waals surface area contributed by atoms with Crippen LogP contribution in [0.15, 0.2) is 42.6 Å². The Balaban J connectivity index is 1.84. The summed E-state index contributed by atoms with van der Waals surface area (Å²) in [5.74, 6) is -0.400. The minimum absolute atomic E-state index is 0.0296. The van der Waals surface area contributed by atoms with Gasteiger partial charge >= 0.3 is 5.97 Å². The molecule has 0 saturated heterocycles. The molecular weight excluding hydrogens is 384 g/mol. The third kappa shape index (κ3) is 4.31. The van der Waals surface area contributed by atoms with Crippen LogP contribution in [-0.2, 0) is 9.53 Å². The summed E-state index contributed by atoms with van der Waals surface area (Å²) < 4.78 is 10.8. The highest BCUT2D eigenvalue weighted by Crippen LogP contribution is 2.28.